The Balaban J connectivity index is 2.63. The average Bonchev–Trinajstić information content (AvgIpc) is 2.56. The Labute approximate surface area is 74.0 Å². The summed E-state index contributed by atoms with van der Waals surface area (Å²) in [7, 11) is 1.64. The normalized spacial score (nSPS) is 22.0. The van der Waals surface area contributed by atoms with E-state index in [1.54, 1.807) is 7.11 Å². The van der Waals surface area contributed by atoms with E-state index in [-0.39, 0.29) is 0 Å². The average molecular weight is 174 g/mol. The highest BCUT2D eigenvalue weighted by atomic mass is 16.9. The van der Waals surface area contributed by atoms with Crippen LogP contribution in [0.1, 0.15) is 26.7 Å². The molecule has 72 valence electrons. The predicted octanol–water partition coefficient (Wildman–Crippen LogP) is 1.77. The maximum atomic E-state index is 5.49. The Kier molecular flexibility index (Phi) is 3.50. The Morgan fingerprint density at radius 1 is 1.25 bits per heavy atom. The summed E-state index contributed by atoms with van der Waals surface area (Å²) in [6.45, 7) is 5.54. The number of methoxy groups -OCH3 is 1. The second kappa shape index (κ2) is 4.21. The number of hydrogen-bond acceptors (Lipinski definition) is 3. The molecule has 0 saturated carbocycles. The molecule has 0 aromatic carbocycles. The zero-order valence-corrected chi connectivity index (χ0v) is 8.13. The van der Waals surface area contributed by atoms with Gasteiger partial charge in [0.1, 0.15) is 0 Å². The third-order valence-corrected chi connectivity index (χ3v) is 2.46. The summed E-state index contributed by atoms with van der Waals surface area (Å²) in [5, 5.41) is 0. The lowest BCUT2D eigenvalue weighted by Crippen LogP contribution is -2.40. The van der Waals surface area contributed by atoms with Crippen molar-refractivity contribution in [1.29, 1.82) is 0 Å². The van der Waals surface area contributed by atoms with E-state index >= 15 is 0 Å². The second-order valence-electron chi connectivity index (χ2n) is 3.02. The SMILES string of the molecule is CCC(CC)C1(OC)OCCO1. The molecule has 0 atom stereocenters. The highest BCUT2D eigenvalue weighted by molar-refractivity contribution is 4.72. The largest absolute Gasteiger partial charge is 0.331 e. The Morgan fingerprint density at radius 2 is 1.75 bits per heavy atom. The van der Waals surface area contributed by atoms with Gasteiger partial charge in [-0.05, 0) is 12.8 Å². The molecule has 12 heavy (non-hydrogen) atoms. The van der Waals surface area contributed by atoms with Crippen LogP contribution in [0.5, 0.6) is 0 Å². The van der Waals surface area contributed by atoms with E-state index in [9.17, 15) is 0 Å². The molecule has 0 radical (unpaired) electrons. The molecule has 0 aromatic heterocycles. The van der Waals surface area contributed by atoms with Crippen LogP contribution >= 0.6 is 0 Å². The minimum Gasteiger partial charge on any atom is -0.331 e. The molecular formula is C9H18O3. The van der Waals surface area contributed by atoms with Crippen molar-refractivity contribution >= 4 is 0 Å². The lowest BCUT2D eigenvalue weighted by molar-refractivity contribution is -0.349. The zero-order valence-electron chi connectivity index (χ0n) is 8.13. The molecule has 0 amide bonds. The zero-order chi connectivity index (χ0) is 9.03. The van der Waals surface area contributed by atoms with Gasteiger partial charge in [-0.25, -0.2) is 0 Å². The van der Waals surface area contributed by atoms with Crippen LogP contribution in [-0.4, -0.2) is 26.3 Å². The standard InChI is InChI=1S/C9H18O3/c1-4-8(5-2)9(10-3)11-6-7-12-9/h8H,4-7H2,1-3H3. The van der Waals surface area contributed by atoms with E-state index in [4.69, 9.17) is 14.2 Å². The van der Waals surface area contributed by atoms with Gasteiger partial charge >= 0.3 is 0 Å². The highest BCUT2D eigenvalue weighted by Gasteiger charge is 2.43. The van der Waals surface area contributed by atoms with Gasteiger partial charge in [0.15, 0.2) is 0 Å². The molecule has 1 saturated heterocycles. The van der Waals surface area contributed by atoms with Gasteiger partial charge in [-0.1, -0.05) is 13.8 Å². The lowest BCUT2D eigenvalue weighted by atomic mass is 10.0. The van der Waals surface area contributed by atoms with E-state index in [1.165, 1.54) is 0 Å². The molecule has 0 bridgehead atoms. The number of hydrogen-bond donors (Lipinski definition) is 0. The molecule has 3 nitrogen and oxygen atoms in total. The molecule has 1 aliphatic rings. The minimum atomic E-state index is -0.747. The van der Waals surface area contributed by atoms with E-state index in [0.717, 1.165) is 12.8 Å². The molecule has 0 spiro atoms. The van der Waals surface area contributed by atoms with Gasteiger partial charge in [-0.15, -0.1) is 0 Å². The molecule has 1 heterocycles. The molecule has 0 aliphatic carbocycles. The minimum absolute atomic E-state index is 0.338. The molecule has 0 N–H and O–H groups in total. The van der Waals surface area contributed by atoms with E-state index in [0.29, 0.717) is 19.1 Å². The summed E-state index contributed by atoms with van der Waals surface area (Å²) in [4.78, 5) is 0. The van der Waals surface area contributed by atoms with Crippen molar-refractivity contribution in [2.75, 3.05) is 20.3 Å². The summed E-state index contributed by atoms with van der Waals surface area (Å²) in [5.41, 5.74) is 0. The van der Waals surface area contributed by atoms with E-state index < -0.39 is 5.97 Å². The molecular weight excluding hydrogens is 156 g/mol. The van der Waals surface area contributed by atoms with Crippen LogP contribution in [0.2, 0.25) is 0 Å². The molecule has 1 rings (SSSR count). The van der Waals surface area contributed by atoms with Crippen LogP contribution < -0.4 is 0 Å². The van der Waals surface area contributed by atoms with Crippen molar-refractivity contribution in [2.45, 2.75) is 32.7 Å². The predicted molar refractivity (Wildman–Crippen MR) is 45.7 cm³/mol. The summed E-state index contributed by atoms with van der Waals surface area (Å²) >= 11 is 0. The van der Waals surface area contributed by atoms with Gasteiger partial charge in [0.05, 0.1) is 13.2 Å². The van der Waals surface area contributed by atoms with Crippen molar-refractivity contribution in [2.24, 2.45) is 5.92 Å². The third-order valence-electron chi connectivity index (χ3n) is 2.46. The van der Waals surface area contributed by atoms with Crippen LogP contribution in [0, 0.1) is 5.92 Å². The fraction of sp³-hybridized carbons (Fsp3) is 1.00. The van der Waals surface area contributed by atoms with Gasteiger partial charge in [0, 0.05) is 13.0 Å². The molecule has 3 heteroatoms. The van der Waals surface area contributed by atoms with Gasteiger partial charge in [0.25, 0.3) is 5.97 Å². The monoisotopic (exact) mass is 174 g/mol. The van der Waals surface area contributed by atoms with Crippen LogP contribution in [0.25, 0.3) is 0 Å². The maximum absolute atomic E-state index is 5.49. The number of rotatable bonds is 4. The van der Waals surface area contributed by atoms with E-state index in [1.807, 2.05) is 0 Å². The van der Waals surface area contributed by atoms with Crippen molar-refractivity contribution in [3.05, 3.63) is 0 Å². The van der Waals surface area contributed by atoms with Crippen molar-refractivity contribution in [3.8, 4) is 0 Å². The Morgan fingerprint density at radius 3 is 2.08 bits per heavy atom. The van der Waals surface area contributed by atoms with Crippen molar-refractivity contribution in [3.63, 3.8) is 0 Å². The van der Waals surface area contributed by atoms with Crippen molar-refractivity contribution < 1.29 is 14.2 Å². The summed E-state index contributed by atoms with van der Waals surface area (Å²) in [6.07, 6.45) is 2.04. The van der Waals surface area contributed by atoms with Crippen LogP contribution in [-0.2, 0) is 14.2 Å². The first kappa shape index (κ1) is 9.96. The van der Waals surface area contributed by atoms with Crippen LogP contribution in [0.15, 0.2) is 0 Å². The lowest BCUT2D eigenvalue weighted by Gasteiger charge is -2.32. The first-order valence-electron chi connectivity index (χ1n) is 4.62. The van der Waals surface area contributed by atoms with Gasteiger partial charge in [-0.3, -0.25) is 0 Å². The molecule has 1 aliphatic heterocycles. The second-order valence-corrected chi connectivity index (χ2v) is 3.02. The fourth-order valence-corrected chi connectivity index (χ4v) is 1.72. The first-order valence-corrected chi connectivity index (χ1v) is 4.62. The number of ether oxygens (including phenoxy) is 3. The highest BCUT2D eigenvalue weighted by Crippen LogP contribution is 2.33. The summed E-state index contributed by atoms with van der Waals surface area (Å²) in [5.74, 6) is -0.409. The summed E-state index contributed by atoms with van der Waals surface area (Å²) < 4.78 is 16.3. The molecule has 1 fully saturated rings. The fourth-order valence-electron chi connectivity index (χ4n) is 1.72. The van der Waals surface area contributed by atoms with Crippen LogP contribution in [0.3, 0.4) is 0 Å². The van der Waals surface area contributed by atoms with Crippen LogP contribution in [0.4, 0.5) is 0 Å². The van der Waals surface area contributed by atoms with E-state index in [2.05, 4.69) is 13.8 Å². The van der Waals surface area contributed by atoms with Gasteiger partial charge in [-0.2, -0.15) is 0 Å². The smallest absolute Gasteiger partial charge is 0.285 e. The summed E-state index contributed by atoms with van der Waals surface area (Å²) in [6, 6.07) is 0. The van der Waals surface area contributed by atoms with Gasteiger partial charge < -0.3 is 14.2 Å². The maximum Gasteiger partial charge on any atom is 0.285 e. The first-order chi connectivity index (χ1) is 5.79. The quantitative estimate of drug-likeness (QED) is 0.650. The molecule has 0 unspecified atom stereocenters. The topological polar surface area (TPSA) is 27.7 Å². The van der Waals surface area contributed by atoms with Gasteiger partial charge in [0.2, 0.25) is 0 Å². The Bertz CT molecular complexity index is 126. The third kappa shape index (κ3) is 1.63. The van der Waals surface area contributed by atoms with Crippen molar-refractivity contribution in [1.82, 2.24) is 0 Å². The Hall–Kier alpha value is -0.120. The molecule has 0 aromatic rings.